The standard InChI is InChI=1S/C14H20N4O4/c1-10-13(16-8-9-22-10)14(19)17-7-6-15-11-2-4-12(5-3-11)18(20)21/h2-5,10,13,15-16H,6-9H2,1H3,(H,17,19)/t10-,13+/m1/s1. The quantitative estimate of drug-likeness (QED) is 0.401. The number of nitro benzene ring substituents is 1. The van der Waals surface area contributed by atoms with Crippen LogP contribution in [0.3, 0.4) is 0 Å². The summed E-state index contributed by atoms with van der Waals surface area (Å²) in [6, 6.07) is 5.82. The van der Waals surface area contributed by atoms with E-state index in [0.717, 1.165) is 5.69 Å². The number of nitro groups is 1. The van der Waals surface area contributed by atoms with Crippen molar-refractivity contribution in [2.45, 2.75) is 19.1 Å². The molecule has 22 heavy (non-hydrogen) atoms. The lowest BCUT2D eigenvalue weighted by Gasteiger charge is -2.29. The molecule has 0 unspecified atom stereocenters. The van der Waals surface area contributed by atoms with Crippen LogP contribution in [0.25, 0.3) is 0 Å². The van der Waals surface area contributed by atoms with Gasteiger partial charge in [-0.15, -0.1) is 0 Å². The lowest BCUT2D eigenvalue weighted by atomic mass is 10.1. The van der Waals surface area contributed by atoms with E-state index < -0.39 is 4.92 Å². The first-order valence-corrected chi connectivity index (χ1v) is 7.19. The van der Waals surface area contributed by atoms with Gasteiger partial charge in [-0.25, -0.2) is 0 Å². The number of benzene rings is 1. The fourth-order valence-electron chi connectivity index (χ4n) is 2.23. The Morgan fingerprint density at radius 3 is 2.77 bits per heavy atom. The second-order valence-corrected chi connectivity index (χ2v) is 5.03. The topological polar surface area (TPSA) is 106 Å². The van der Waals surface area contributed by atoms with Crippen LogP contribution in [0.5, 0.6) is 0 Å². The van der Waals surface area contributed by atoms with Crippen LogP contribution < -0.4 is 16.0 Å². The fourth-order valence-corrected chi connectivity index (χ4v) is 2.23. The average Bonchev–Trinajstić information content (AvgIpc) is 2.52. The van der Waals surface area contributed by atoms with Crippen LogP contribution in [0, 0.1) is 10.1 Å². The molecule has 2 atom stereocenters. The van der Waals surface area contributed by atoms with Gasteiger partial charge in [-0.05, 0) is 19.1 Å². The van der Waals surface area contributed by atoms with Crippen molar-refractivity contribution in [3.05, 3.63) is 34.4 Å². The number of carbonyl (C=O) groups is 1. The van der Waals surface area contributed by atoms with Crippen molar-refractivity contribution in [3.63, 3.8) is 0 Å². The van der Waals surface area contributed by atoms with Crippen LogP contribution in [0.2, 0.25) is 0 Å². The van der Waals surface area contributed by atoms with Gasteiger partial charge in [0.1, 0.15) is 6.04 Å². The number of nitrogens with one attached hydrogen (secondary N) is 3. The summed E-state index contributed by atoms with van der Waals surface area (Å²) >= 11 is 0. The summed E-state index contributed by atoms with van der Waals surface area (Å²) in [7, 11) is 0. The monoisotopic (exact) mass is 308 g/mol. The van der Waals surface area contributed by atoms with E-state index in [0.29, 0.717) is 26.2 Å². The summed E-state index contributed by atoms with van der Waals surface area (Å²) in [4.78, 5) is 22.1. The summed E-state index contributed by atoms with van der Waals surface area (Å²) in [5.74, 6) is -0.0855. The highest BCUT2D eigenvalue weighted by Crippen LogP contribution is 2.14. The highest BCUT2D eigenvalue weighted by Gasteiger charge is 2.27. The van der Waals surface area contributed by atoms with Gasteiger partial charge >= 0.3 is 0 Å². The first-order valence-electron chi connectivity index (χ1n) is 7.19. The molecule has 3 N–H and O–H groups in total. The number of non-ortho nitro benzene ring substituents is 1. The molecule has 8 heteroatoms. The number of carbonyl (C=O) groups excluding carboxylic acids is 1. The predicted octanol–water partition coefficient (Wildman–Crippen LogP) is 0.500. The van der Waals surface area contributed by atoms with E-state index in [9.17, 15) is 14.9 Å². The van der Waals surface area contributed by atoms with Crippen molar-refractivity contribution in [1.82, 2.24) is 10.6 Å². The molecular formula is C14H20N4O4. The molecule has 1 fully saturated rings. The molecule has 0 aliphatic carbocycles. The molecule has 1 aliphatic rings. The first kappa shape index (κ1) is 16.2. The lowest BCUT2D eigenvalue weighted by molar-refractivity contribution is -0.384. The van der Waals surface area contributed by atoms with E-state index in [-0.39, 0.29) is 23.7 Å². The summed E-state index contributed by atoms with van der Waals surface area (Å²) in [5.41, 5.74) is 0.823. The van der Waals surface area contributed by atoms with Crippen LogP contribution in [0.4, 0.5) is 11.4 Å². The maximum atomic E-state index is 12.0. The number of morpholine rings is 1. The molecule has 1 saturated heterocycles. The number of anilines is 1. The number of nitrogens with zero attached hydrogens (tertiary/aromatic N) is 1. The minimum atomic E-state index is -0.440. The largest absolute Gasteiger partial charge is 0.383 e. The molecule has 1 amide bonds. The van der Waals surface area contributed by atoms with Gasteiger partial charge in [0.2, 0.25) is 5.91 Å². The van der Waals surface area contributed by atoms with E-state index in [2.05, 4.69) is 16.0 Å². The molecule has 0 spiro atoms. The van der Waals surface area contributed by atoms with Crippen molar-refractivity contribution in [2.75, 3.05) is 31.6 Å². The lowest BCUT2D eigenvalue weighted by Crippen LogP contribution is -2.55. The molecule has 8 nitrogen and oxygen atoms in total. The van der Waals surface area contributed by atoms with Crippen LogP contribution in [-0.2, 0) is 9.53 Å². The predicted molar refractivity (Wildman–Crippen MR) is 81.8 cm³/mol. The maximum absolute atomic E-state index is 12.0. The smallest absolute Gasteiger partial charge is 0.269 e. The van der Waals surface area contributed by atoms with Gasteiger partial charge in [0.05, 0.1) is 17.6 Å². The molecule has 1 aliphatic heterocycles. The Balaban J connectivity index is 1.70. The molecule has 0 saturated carbocycles. The van der Waals surface area contributed by atoms with Gasteiger partial charge in [0.25, 0.3) is 5.69 Å². The third kappa shape index (κ3) is 4.40. The second-order valence-electron chi connectivity index (χ2n) is 5.03. The summed E-state index contributed by atoms with van der Waals surface area (Å²) in [6.07, 6.45) is -0.142. The Kier molecular flexibility index (Phi) is 5.68. The third-order valence-corrected chi connectivity index (χ3v) is 3.43. The molecule has 2 rings (SSSR count). The molecule has 1 heterocycles. The van der Waals surface area contributed by atoms with Gasteiger partial charge in [-0.2, -0.15) is 0 Å². The van der Waals surface area contributed by atoms with E-state index in [1.807, 2.05) is 6.92 Å². The number of ether oxygens (including phenoxy) is 1. The van der Waals surface area contributed by atoms with Crippen LogP contribution in [0.1, 0.15) is 6.92 Å². The first-order chi connectivity index (χ1) is 10.6. The Hall–Kier alpha value is -2.19. The molecule has 0 aromatic heterocycles. The van der Waals surface area contributed by atoms with Crippen molar-refractivity contribution in [3.8, 4) is 0 Å². The van der Waals surface area contributed by atoms with Crippen molar-refractivity contribution in [1.29, 1.82) is 0 Å². The maximum Gasteiger partial charge on any atom is 0.269 e. The average molecular weight is 308 g/mol. The molecule has 120 valence electrons. The van der Waals surface area contributed by atoms with E-state index in [4.69, 9.17) is 4.74 Å². The zero-order valence-electron chi connectivity index (χ0n) is 12.4. The Morgan fingerprint density at radius 2 is 2.14 bits per heavy atom. The zero-order chi connectivity index (χ0) is 15.9. The van der Waals surface area contributed by atoms with Gasteiger partial charge in [-0.1, -0.05) is 0 Å². The molecule has 0 bridgehead atoms. The number of amides is 1. The zero-order valence-corrected chi connectivity index (χ0v) is 12.4. The molecule has 0 radical (unpaired) electrons. The van der Waals surface area contributed by atoms with Gasteiger partial charge in [-0.3, -0.25) is 14.9 Å². The van der Waals surface area contributed by atoms with E-state index in [1.54, 1.807) is 12.1 Å². The molecular weight excluding hydrogens is 288 g/mol. The normalized spacial score (nSPS) is 21.1. The fraction of sp³-hybridized carbons (Fsp3) is 0.500. The van der Waals surface area contributed by atoms with Gasteiger partial charge < -0.3 is 20.7 Å². The minimum absolute atomic E-state index is 0.0520. The van der Waals surface area contributed by atoms with Crippen molar-refractivity contribution < 1.29 is 14.5 Å². The minimum Gasteiger partial charge on any atom is -0.383 e. The Labute approximate surface area is 128 Å². The van der Waals surface area contributed by atoms with Crippen LogP contribution in [0.15, 0.2) is 24.3 Å². The Morgan fingerprint density at radius 1 is 1.41 bits per heavy atom. The van der Waals surface area contributed by atoms with Gasteiger partial charge in [0.15, 0.2) is 0 Å². The third-order valence-electron chi connectivity index (χ3n) is 3.43. The summed E-state index contributed by atoms with van der Waals surface area (Å²) in [5, 5.41) is 19.6. The number of rotatable bonds is 6. The summed E-state index contributed by atoms with van der Waals surface area (Å²) in [6.45, 7) is 4.15. The second kappa shape index (κ2) is 7.71. The molecule has 1 aromatic rings. The Bertz CT molecular complexity index is 520. The number of hydrogen-bond acceptors (Lipinski definition) is 6. The van der Waals surface area contributed by atoms with Crippen molar-refractivity contribution in [2.24, 2.45) is 0 Å². The van der Waals surface area contributed by atoms with Crippen molar-refractivity contribution >= 4 is 17.3 Å². The van der Waals surface area contributed by atoms with Crippen LogP contribution in [-0.4, -0.2) is 49.2 Å². The van der Waals surface area contributed by atoms with Crippen LogP contribution >= 0.6 is 0 Å². The van der Waals surface area contributed by atoms with Gasteiger partial charge in [0, 0.05) is 37.5 Å². The highest BCUT2D eigenvalue weighted by atomic mass is 16.6. The van der Waals surface area contributed by atoms with E-state index >= 15 is 0 Å². The molecule has 1 aromatic carbocycles. The van der Waals surface area contributed by atoms with E-state index in [1.165, 1.54) is 12.1 Å². The SMILES string of the molecule is C[C@H]1OCCN[C@@H]1C(=O)NCCNc1ccc([N+](=O)[O-])cc1. The highest BCUT2D eigenvalue weighted by molar-refractivity contribution is 5.82. The number of hydrogen-bond donors (Lipinski definition) is 3. The summed E-state index contributed by atoms with van der Waals surface area (Å²) < 4.78 is 5.42.